The summed E-state index contributed by atoms with van der Waals surface area (Å²) in [5.41, 5.74) is 0.748. The smallest absolute Gasteiger partial charge is 0.127 e. The van der Waals surface area contributed by atoms with Crippen LogP contribution in [0.2, 0.25) is 0 Å². The number of aromatic nitrogens is 1. The van der Waals surface area contributed by atoms with Crippen LogP contribution in [0.5, 0.6) is 0 Å². The topological polar surface area (TPSA) is 52.0 Å². The molecule has 0 amide bonds. The zero-order chi connectivity index (χ0) is 12.6. The molecule has 18 heavy (non-hydrogen) atoms. The van der Waals surface area contributed by atoms with E-state index in [0.717, 1.165) is 36.8 Å². The lowest BCUT2D eigenvalue weighted by molar-refractivity contribution is 0.103. The van der Waals surface area contributed by atoms with E-state index < -0.39 is 0 Å². The summed E-state index contributed by atoms with van der Waals surface area (Å²) in [5.74, 6) is 1.65. The van der Waals surface area contributed by atoms with Crippen LogP contribution in [0.4, 0.5) is 5.82 Å². The molecule has 1 saturated heterocycles. The summed E-state index contributed by atoms with van der Waals surface area (Å²) in [6, 6.07) is 8.34. The number of hydrogen-bond donors (Lipinski definition) is 1. The Kier molecular flexibility index (Phi) is 2.71. The largest absolute Gasteiger partial charge is 0.352 e. The molecule has 4 nitrogen and oxygen atoms in total. The standard InChI is InChI=1S/C14H18N4/c1-11-7-18(8-11)9-12-3-2-4-13(16-12)17-14(10-15)5-6-14/h2-4,11H,5-9H2,1H3,(H,16,17). The Balaban J connectivity index is 1.64. The number of rotatable bonds is 4. The number of hydrogen-bond acceptors (Lipinski definition) is 4. The maximum Gasteiger partial charge on any atom is 0.127 e. The highest BCUT2D eigenvalue weighted by Crippen LogP contribution is 2.37. The first kappa shape index (κ1) is 11.5. The third-order valence-electron chi connectivity index (χ3n) is 3.66. The summed E-state index contributed by atoms with van der Waals surface area (Å²) in [5, 5.41) is 12.3. The molecule has 1 aromatic rings. The Morgan fingerprint density at radius 3 is 2.89 bits per heavy atom. The van der Waals surface area contributed by atoms with Gasteiger partial charge in [0.2, 0.25) is 0 Å². The first-order valence-corrected chi connectivity index (χ1v) is 6.57. The second-order valence-corrected chi connectivity index (χ2v) is 5.63. The van der Waals surface area contributed by atoms with Gasteiger partial charge in [-0.15, -0.1) is 0 Å². The highest BCUT2D eigenvalue weighted by Gasteiger charge is 2.43. The van der Waals surface area contributed by atoms with Gasteiger partial charge in [-0.25, -0.2) is 4.98 Å². The predicted octanol–water partition coefficient (Wildman–Crippen LogP) is 2.00. The van der Waals surface area contributed by atoms with Crippen LogP contribution in [0.1, 0.15) is 25.5 Å². The van der Waals surface area contributed by atoms with Crippen molar-refractivity contribution in [1.82, 2.24) is 9.88 Å². The van der Waals surface area contributed by atoms with Crippen LogP contribution < -0.4 is 5.32 Å². The molecule has 1 saturated carbocycles. The molecule has 2 aliphatic rings. The first-order valence-electron chi connectivity index (χ1n) is 6.57. The van der Waals surface area contributed by atoms with Crippen LogP contribution in [0, 0.1) is 17.2 Å². The molecular weight excluding hydrogens is 224 g/mol. The van der Waals surface area contributed by atoms with Crippen molar-refractivity contribution in [1.29, 1.82) is 5.26 Å². The zero-order valence-corrected chi connectivity index (χ0v) is 10.7. The fourth-order valence-electron chi connectivity index (χ4n) is 2.46. The van der Waals surface area contributed by atoms with Gasteiger partial charge in [-0.3, -0.25) is 4.90 Å². The summed E-state index contributed by atoms with van der Waals surface area (Å²) < 4.78 is 0. The number of nitrogens with zero attached hydrogens (tertiary/aromatic N) is 3. The molecule has 0 unspecified atom stereocenters. The van der Waals surface area contributed by atoms with Gasteiger partial charge in [0, 0.05) is 19.6 Å². The Labute approximate surface area is 108 Å². The van der Waals surface area contributed by atoms with E-state index >= 15 is 0 Å². The molecule has 2 fully saturated rings. The van der Waals surface area contributed by atoms with Crippen molar-refractivity contribution in [2.45, 2.75) is 31.8 Å². The van der Waals surface area contributed by atoms with Gasteiger partial charge in [-0.2, -0.15) is 5.26 Å². The molecule has 1 aliphatic carbocycles. The Bertz CT molecular complexity index is 481. The number of nitriles is 1. The monoisotopic (exact) mass is 242 g/mol. The van der Waals surface area contributed by atoms with Gasteiger partial charge in [-0.05, 0) is 30.9 Å². The van der Waals surface area contributed by atoms with E-state index in [-0.39, 0.29) is 5.54 Å². The zero-order valence-electron chi connectivity index (χ0n) is 10.7. The average Bonchev–Trinajstić information content (AvgIpc) is 3.08. The van der Waals surface area contributed by atoms with E-state index in [1.807, 2.05) is 12.1 Å². The maximum absolute atomic E-state index is 9.06. The van der Waals surface area contributed by atoms with Gasteiger partial charge < -0.3 is 5.32 Å². The van der Waals surface area contributed by atoms with Crippen LogP contribution in [0.15, 0.2) is 18.2 Å². The number of nitrogens with one attached hydrogen (secondary N) is 1. The minimum Gasteiger partial charge on any atom is -0.352 e. The average molecular weight is 242 g/mol. The van der Waals surface area contributed by atoms with Gasteiger partial charge in [0.1, 0.15) is 11.4 Å². The number of anilines is 1. The summed E-state index contributed by atoms with van der Waals surface area (Å²) in [6.45, 7) is 5.52. The molecule has 0 atom stereocenters. The quantitative estimate of drug-likeness (QED) is 0.877. The minimum absolute atomic E-state index is 0.336. The van der Waals surface area contributed by atoms with Crippen LogP contribution in [-0.4, -0.2) is 28.5 Å². The molecule has 0 aromatic carbocycles. The fourth-order valence-corrected chi connectivity index (χ4v) is 2.46. The van der Waals surface area contributed by atoms with Gasteiger partial charge >= 0.3 is 0 Å². The lowest BCUT2D eigenvalue weighted by Gasteiger charge is -2.36. The van der Waals surface area contributed by atoms with E-state index in [9.17, 15) is 0 Å². The Hall–Kier alpha value is -1.60. The molecule has 94 valence electrons. The number of likely N-dealkylation sites (tertiary alicyclic amines) is 1. The van der Waals surface area contributed by atoms with E-state index in [0.29, 0.717) is 0 Å². The Morgan fingerprint density at radius 2 is 2.28 bits per heavy atom. The number of pyridine rings is 1. The summed E-state index contributed by atoms with van der Waals surface area (Å²) in [4.78, 5) is 6.99. The lowest BCUT2D eigenvalue weighted by Crippen LogP contribution is -2.44. The summed E-state index contributed by atoms with van der Waals surface area (Å²) in [7, 11) is 0. The normalized spacial score (nSPS) is 22.0. The van der Waals surface area contributed by atoms with Crippen molar-refractivity contribution >= 4 is 5.82 Å². The molecule has 3 rings (SSSR count). The van der Waals surface area contributed by atoms with E-state index in [4.69, 9.17) is 5.26 Å². The van der Waals surface area contributed by atoms with Gasteiger partial charge in [0.05, 0.1) is 11.8 Å². The minimum atomic E-state index is -0.336. The fraction of sp³-hybridized carbons (Fsp3) is 0.571. The van der Waals surface area contributed by atoms with E-state index in [1.165, 1.54) is 13.1 Å². The van der Waals surface area contributed by atoms with Crippen LogP contribution in [0.25, 0.3) is 0 Å². The Morgan fingerprint density at radius 1 is 1.50 bits per heavy atom. The van der Waals surface area contributed by atoms with Crippen molar-refractivity contribution < 1.29 is 0 Å². The van der Waals surface area contributed by atoms with Crippen LogP contribution in [0.3, 0.4) is 0 Å². The molecular formula is C14H18N4. The predicted molar refractivity (Wildman–Crippen MR) is 69.9 cm³/mol. The highest BCUT2D eigenvalue weighted by atomic mass is 15.2. The van der Waals surface area contributed by atoms with Gasteiger partial charge in [0.25, 0.3) is 0 Å². The molecule has 1 N–H and O–H groups in total. The maximum atomic E-state index is 9.06. The molecule has 0 radical (unpaired) electrons. The van der Waals surface area contributed by atoms with Crippen molar-refractivity contribution in [2.24, 2.45) is 5.92 Å². The van der Waals surface area contributed by atoms with Crippen LogP contribution in [-0.2, 0) is 6.54 Å². The molecule has 1 aromatic heterocycles. The van der Waals surface area contributed by atoms with Crippen molar-refractivity contribution in [2.75, 3.05) is 18.4 Å². The summed E-state index contributed by atoms with van der Waals surface area (Å²) in [6.07, 6.45) is 1.86. The van der Waals surface area contributed by atoms with Crippen LogP contribution >= 0.6 is 0 Å². The van der Waals surface area contributed by atoms with E-state index in [1.54, 1.807) is 0 Å². The SMILES string of the molecule is CC1CN(Cc2cccc(NC3(C#N)CC3)n2)C1. The van der Waals surface area contributed by atoms with Crippen molar-refractivity contribution in [3.63, 3.8) is 0 Å². The second-order valence-electron chi connectivity index (χ2n) is 5.63. The van der Waals surface area contributed by atoms with Gasteiger partial charge in [0.15, 0.2) is 0 Å². The highest BCUT2D eigenvalue weighted by molar-refractivity contribution is 5.45. The lowest BCUT2D eigenvalue weighted by atomic mass is 10.0. The molecule has 1 aliphatic heterocycles. The van der Waals surface area contributed by atoms with Gasteiger partial charge in [-0.1, -0.05) is 13.0 Å². The first-order chi connectivity index (χ1) is 8.69. The third-order valence-corrected chi connectivity index (χ3v) is 3.66. The molecule has 0 bridgehead atoms. The van der Waals surface area contributed by atoms with E-state index in [2.05, 4.69) is 34.3 Å². The third kappa shape index (κ3) is 2.32. The van der Waals surface area contributed by atoms with Crippen molar-refractivity contribution in [3.05, 3.63) is 23.9 Å². The molecule has 0 spiro atoms. The second kappa shape index (κ2) is 4.25. The molecule has 4 heteroatoms. The summed E-state index contributed by atoms with van der Waals surface area (Å²) >= 11 is 0. The van der Waals surface area contributed by atoms with Crippen molar-refractivity contribution in [3.8, 4) is 6.07 Å². The molecule has 2 heterocycles.